The standard InChI is InChI=1S/C22H28ClN3O2/c1-16(2)28-22-20(23)11-19(13-25-22)21(27)24-12-18-9-6-10-26(15-18)14-17-7-4-3-5-8-17/h3-5,7-8,11,13,16,18H,6,9-10,12,14-15H2,1-2H3,(H,24,27). The molecule has 1 aromatic heterocycles. The number of likely N-dealkylation sites (tertiary alicyclic amines) is 1. The highest BCUT2D eigenvalue weighted by Gasteiger charge is 2.21. The number of aromatic nitrogens is 1. The summed E-state index contributed by atoms with van der Waals surface area (Å²) in [7, 11) is 0. The van der Waals surface area contributed by atoms with Gasteiger partial charge in [-0.1, -0.05) is 41.9 Å². The van der Waals surface area contributed by atoms with Crippen LogP contribution in [0.3, 0.4) is 0 Å². The van der Waals surface area contributed by atoms with E-state index in [0.717, 1.165) is 32.5 Å². The molecule has 6 heteroatoms. The van der Waals surface area contributed by atoms with Crippen LogP contribution >= 0.6 is 11.6 Å². The summed E-state index contributed by atoms with van der Waals surface area (Å²) >= 11 is 6.19. The number of pyridine rings is 1. The van der Waals surface area contributed by atoms with Gasteiger partial charge in [0.15, 0.2) is 0 Å². The number of piperidine rings is 1. The summed E-state index contributed by atoms with van der Waals surface area (Å²) in [4.78, 5) is 19.1. The molecule has 1 aromatic carbocycles. The van der Waals surface area contributed by atoms with Crippen molar-refractivity contribution in [2.24, 2.45) is 5.92 Å². The number of nitrogens with one attached hydrogen (secondary N) is 1. The lowest BCUT2D eigenvalue weighted by Gasteiger charge is -2.32. The molecule has 5 nitrogen and oxygen atoms in total. The second kappa shape index (κ2) is 9.89. The van der Waals surface area contributed by atoms with E-state index in [-0.39, 0.29) is 12.0 Å². The zero-order valence-electron chi connectivity index (χ0n) is 16.5. The van der Waals surface area contributed by atoms with Crippen molar-refractivity contribution in [2.75, 3.05) is 19.6 Å². The van der Waals surface area contributed by atoms with Crippen LogP contribution in [0.4, 0.5) is 0 Å². The summed E-state index contributed by atoms with van der Waals surface area (Å²) in [5.41, 5.74) is 1.79. The van der Waals surface area contributed by atoms with Gasteiger partial charge in [0.2, 0.25) is 5.88 Å². The first kappa shape index (κ1) is 20.6. The van der Waals surface area contributed by atoms with E-state index < -0.39 is 0 Å². The Morgan fingerprint density at radius 1 is 1.36 bits per heavy atom. The fourth-order valence-corrected chi connectivity index (χ4v) is 3.71. The third kappa shape index (κ3) is 5.94. The van der Waals surface area contributed by atoms with Gasteiger partial charge in [0, 0.05) is 25.8 Å². The molecule has 3 rings (SSSR count). The van der Waals surface area contributed by atoms with E-state index in [2.05, 4.69) is 39.5 Å². The number of benzene rings is 1. The van der Waals surface area contributed by atoms with Crippen molar-refractivity contribution in [3.05, 3.63) is 58.7 Å². The average molecular weight is 402 g/mol. The van der Waals surface area contributed by atoms with Crippen LogP contribution < -0.4 is 10.1 Å². The van der Waals surface area contributed by atoms with Crippen molar-refractivity contribution in [3.63, 3.8) is 0 Å². The third-order valence-electron chi connectivity index (χ3n) is 4.82. The molecule has 1 aliphatic rings. The molecule has 1 aliphatic heterocycles. The number of carbonyl (C=O) groups is 1. The number of carbonyl (C=O) groups excluding carboxylic acids is 1. The van der Waals surface area contributed by atoms with Gasteiger partial charge in [0.05, 0.1) is 11.7 Å². The van der Waals surface area contributed by atoms with E-state index in [1.165, 1.54) is 11.8 Å². The molecule has 2 aromatic rings. The van der Waals surface area contributed by atoms with Crippen molar-refractivity contribution < 1.29 is 9.53 Å². The van der Waals surface area contributed by atoms with Gasteiger partial charge in [-0.05, 0) is 50.8 Å². The SMILES string of the molecule is CC(C)Oc1ncc(C(=O)NCC2CCCN(Cc3ccccc3)C2)cc1Cl. The number of nitrogens with zero attached hydrogens (tertiary/aromatic N) is 2. The van der Waals surface area contributed by atoms with Crippen molar-refractivity contribution >= 4 is 17.5 Å². The van der Waals surface area contributed by atoms with Crippen molar-refractivity contribution in [1.29, 1.82) is 0 Å². The zero-order valence-corrected chi connectivity index (χ0v) is 17.3. The second-order valence-electron chi connectivity index (χ2n) is 7.62. The molecule has 2 heterocycles. The summed E-state index contributed by atoms with van der Waals surface area (Å²) in [5.74, 6) is 0.663. The van der Waals surface area contributed by atoms with E-state index in [1.807, 2.05) is 19.9 Å². The lowest BCUT2D eigenvalue weighted by Crippen LogP contribution is -2.40. The minimum atomic E-state index is -0.148. The van der Waals surface area contributed by atoms with E-state index >= 15 is 0 Å². The number of hydrogen-bond donors (Lipinski definition) is 1. The van der Waals surface area contributed by atoms with Crippen LogP contribution in [0.5, 0.6) is 5.88 Å². The van der Waals surface area contributed by atoms with Gasteiger partial charge in [-0.15, -0.1) is 0 Å². The van der Waals surface area contributed by atoms with Gasteiger partial charge in [-0.3, -0.25) is 9.69 Å². The molecular formula is C22H28ClN3O2. The predicted molar refractivity (Wildman–Crippen MR) is 112 cm³/mol. The highest BCUT2D eigenvalue weighted by Crippen LogP contribution is 2.23. The molecule has 0 radical (unpaired) electrons. The molecule has 1 fully saturated rings. The Morgan fingerprint density at radius 3 is 2.86 bits per heavy atom. The fourth-order valence-electron chi connectivity index (χ4n) is 3.50. The first-order chi connectivity index (χ1) is 13.5. The third-order valence-corrected chi connectivity index (χ3v) is 5.09. The highest BCUT2D eigenvalue weighted by molar-refractivity contribution is 6.32. The molecule has 0 bridgehead atoms. The molecule has 1 unspecified atom stereocenters. The predicted octanol–water partition coefficient (Wildman–Crippen LogP) is 4.16. The molecule has 1 saturated heterocycles. The molecule has 0 spiro atoms. The Balaban J connectivity index is 1.50. The van der Waals surface area contributed by atoms with Gasteiger partial charge in [-0.2, -0.15) is 0 Å². The second-order valence-corrected chi connectivity index (χ2v) is 8.02. The first-order valence-electron chi connectivity index (χ1n) is 9.88. The highest BCUT2D eigenvalue weighted by atomic mass is 35.5. The van der Waals surface area contributed by atoms with E-state index in [1.54, 1.807) is 6.07 Å². The molecule has 150 valence electrons. The maximum Gasteiger partial charge on any atom is 0.252 e. The lowest BCUT2D eigenvalue weighted by molar-refractivity contribution is 0.0930. The van der Waals surface area contributed by atoms with Crippen LogP contribution in [0.15, 0.2) is 42.6 Å². The summed E-state index contributed by atoms with van der Waals surface area (Å²) < 4.78 is 5.52. The molecule has 28 heavy (non-hydrogen) atoms. The zero-order chi connectivity index (χ0) is 19.9. The van der Waals surface area contributed by atoms with Crippen LogP contribution in [0.1, 0.15) is 42.6 Å². The fraction of sp³-hybridized carbons (Fsp3) is 0.455. The van der Waals surface area contributed by atoms with Crippen molar-refractivity contribution in [1.82, 2.24) is 15.2 Å². The van der Waals surface area contributed by atoms with Gasteiger partial charge < -0.3 is 10.1 Å². The number of rotatable bonds is 7. The Kier molecular flexibility index (Phi) is 7.29. The molecular weight excluding hydrogens is 374 g/mol. The largest absolute Gasteiger partial charge is 0.474 e. The topological polar surface area (TPSA) is 54.5 Å². The quantitative estimate of drug-likeness (QED) is 0.756. The minimum absolute atomic E-state index is 0.0187. The van der Waals surface area contributed by atoms with Gasteiger partial charge in [-0.25, -0.2) is 4.98 Å². The Labute approximate surface area is 172 Å². The Bertz CT molecular complexity index is 783. The van der Waals surface area contributed by atoms with E-state index in [4.69, 9.17) is 16.3 Å². The van der Waals surface area contributed by atoms with Crippen molar-refractivity contribution in [2.45, 2.75) is 39.3 Å². The summed E-state index contributed by atoms with van der Waals surface area (Å²) in [6, 6.07) is 12.1. The van der Waals surface area contributed by atoms with Crippen LogP contribution in [-0.2, 0) is 6.54 Å². The van der Waals surface area contributed by atoms with Crippen LogP contribution in [0.2, 0.25) is 5.02 Å². The average Bonchev–Trinajstić information content (AvgIpc) is 2.68. The number of ether oxygens (including phenoxy) is 1. The van der Waals surface area contributed by atoms with Crippen LogP contribution in [0.25, 0.3) is 0 Å². The van der Waals surface area contributed by atoms with Crippen LogP contribution in [0, 0.1) is 5.92 Å². The smallest absolute Gasteiger partial charge is 0.252 e. The lowest BCUT2D eigenvalue weighted by atomic mass is 9.97. The van der Waals surface area contributed by atoms with Gasteiger partial charge in [0.25, 0.3) is 5.91 Å². The number of halogens is 1. The van der Waals surface area contributed by atoms with Crippen LogP contribution in [-0.4, -0.2) is 41.5 Å². The summed E-state index contributed by atoms with van der Waals surface area (Å²) in [6.45, 7) is 7.54. The van der Waals surface area contributed by atoms with Crippen molar-refractivity contribution in [3.8, 4) is 5.88 Å². The summed E-state index contributed by atoms with van der Waals surface area (Å²) in [6.07, 6.45) is 3.78. The van der Waals surface area contributed by atoms with E-state index in [9.17, 15) is 4.79 Å². The first-order valence-corrected chi connectivity index (χ1v) is 10.3. The van der Waals surface area contributed by atoms with E-state index in [0.29, 0.717) is 28.9 Å². The van der Waals surface area contributed by atoms with Gasteiger partial charge in [0.1, 0.15) is 5.02 Å². The Morgan fingerprint density at radius 2 is 2.14 bits per heavy atom. The normalized spacial score (nSPS) is 17.5. The monoisotopic (exact) mass is 401 g/mol. The maximum atomic E-state index is 12.5. The Hall–Kier alpha value is -2.11. The molecule has 1 atom stereocenters. The molecule has 1 amide bonds. The molecule has 0 saturated carbocycles. The molecule has 1 N–H and O–H groups in total. The maximum absolute atomic E-state index is 12.5. The summed E-state index contributed by atoms with van der Waals surface area (Å²) in [5, 5.41) is 3.39. The molecule has 0 aliphatic carbocycles. The van der Waals surface area contributed by atoms with Gasteiger partial charge >= 0.3 is 0 Å². The number of amides is 1. The number of hydrogen-bond acceptors (Lipinski definition) is 4. The minimum Gasteiger partial charge on any atom is -0.474 e.